The molecule has 0 radical (unpaired) electrons. The Hall–Kier alpha value is -2.59. The number of para-hydroxylation sites is 1. The molecular formula is C27H28BrCl2N3O4S. The molecule has 3 rings (SSSR count). The molecule has 3 aromatic rings. The summed E-state index contributed by atoms with van der Waals surface area (Å²) in [5.41, 5.74) is 1.72. The smallest absolute Gasteiger partial charge is 0.244 e. The lowest BCUT2D eigenvalue weighted by Gasteiger charge is -2.33. The van der Waals surface area contributed by atoms with Gasteiger partial charge in [0.15, 0.2) is 0 Å². The van der Waals surface area contributed by atoms with E-state index in [1.807, 2.05) is 30.3 Å². The summed E-state index contributed by atoms with van der Waals surface area (Å²) in [7, 11) is -3.86. The molecule has 0 aliphatic carbocycles. The van der Waals surface area contributed by atoms with E-state index in [-0.39, 0.29) is 18.9 Å². The third-order valence-electron chi connectivity index (χ3n) is 5.78. The molecule has 0 fully saturated rings. The molecule has 2 amide bonds. The van der Waals surface area contributed by atoms with Gasteiger partial charge in [-0.1, -0.05) is 71.7 Å². The van der Waals surface area contributed by atoms with Crippen LogP contribution in [0.3, 0.4) is 0 Å². The van der Waals surface area contributed by atoms with Gasteiger partial charge in [0, 0.05) is 34.0 Å². The summed E-state index contributed by atoms with van der Waals surface area (Å²) in [6, 6.07) is 20.0. The molecule has 1 atom stereocenters. The number of nitrogens with one attached hydrogen (secondary N) is 1. The maximum absolute atomic E-state index is 14.0. The van der Waals surface area contributed by atoms with Crippen LogP contribution in [0.4, 0.5) is 5.69 Å². The van der Waals surface area contributed by atoms with Crippen molar-refractivity contribution in [1.29, 1.82) is 0 Å². The Morgan fingerprint density at radius 1 is 1.00 bits per heavy atom. The Balaban J connectivity index is 2.08. The molecule has 3 aromatic carbocycles. The summed E-state index contributed by atoms with van der Waals surface area (Å²) < 4.78 is 27.1. The highest BCUT2D eigenvalue weighted by Crippen LogP contribution is 2.29. The molecule has 0 heterocycles. The van der Waals surface area contributed by atoms with Crippen molar-refractivity contribution in [2.45, 2.75) is 25.9 Å². The first-order valence-corrected chi connectivity index (χ1v) is 15.2. The van der Waals surface area contributed by atoms with Gasteiger partial charge in [0.05, 0.1) is 11.9 Å². The number of halogens is 3. The predicted molar refractivity (Wildman–Crippen MR) is 156 cm³/mol. The number of hydrogen-bond donors (Lipinski definition) is 1. The molecule has 0 spiro atoms. The van der Waals surface area contributed by atoms with E-state index in [0.29, 0.717) is 32.3 Å². The Morgan fingerprint density at radius 3 is 2.26 bits per heavy atom. The minimum atomic E-state index is -3.86. The first-order valence-electron chi connectivity index (χ1n) is 11.8. The maximum atomic E-state index is 14.0. The zero-order chi connectivity index (χ0) is 27.9. The Labute approximate surface area is 241 Å². The molecule has 7 nitrogen and oxygen atoms in total. The van der Waals surface area contributed by atoms with E-state index in [0.717, 1.165) is 16.1 Å². The van der Waals surface area contributed by atoms with Gasteiger partial charge in [-0.15, -0.1) is 0 Å². The van der Waals surface area contributed by atoms with Crippen molar-refractivity contribution in [2.75, 3.05) is 23.7 Å². The second-order valence-electron chi connectivity index (χ2n) is 8.58. The SMILES string of the molecule is CCNC(=O)C(Cc1ccccc1)N(Cc1ccc(Cl)cc1Cl)C(=O)CN(c1ccccc1Br)S(C)(=O)=O. The Morgan fingerprint density at radius 2 is 1.66 bits per heavy atom. The fourth-order valence-corrected chi connectivity index (χ4v) is 5.87. The van der Waals surface area contributed by atoms with E-state index in [2.05, 4.69) is 21.2 Å². The van der Waals surface area contributed by atoms with Crippen LogP contribution in [-0.2, 0) is 32.6 Å². The van der Waals surface area contributed by atoms with E-state index in [1.165, 1.54) is 4.90 Å². The third-order valence-corrected chi connectivity index (χ3v) is 8.16. The highest BCUT2D eigenvalue weighted by Gasteiger charge is 2.33. The van der Waals surface area contributed by atoms with Crippen molar-refractivity contribution in [1.82, 2.24) is 10.2 Å². The lowest BCUT2D eigenvalue weighted by atomic mass is 10.0. The van der Waals surface area contributed by atoms with Gasteiger partial charge < -0.3 is 10.2 Å². The van der Waals surface area contributed by atoms with E-state index in [4.69, 9.17) is 23.2 Å². The van der Waals surface area contributed by atoms with Crippen LogP contribution < -0.4 is 9.62 Å². The van der Waals surface area contributed by atoms with Crippen LogP contribution in [0.15, 0.2) is 77.3 Å². The normalized spacial score (nSPS) is 12.0. The summed E-state index contributed by atoms with van der Waals surface area (Å²) >= 11 is 15.9. The van der Waals surface area contributed by atoms with Crippen LogP contribution in [0.25, 0.3) is 0 Å². The van der Waals surface area contributed by atoms with Crippen LogP contribution in [0.2, 0.25) is 10.0 Å². The Kier molecular flexibility index (Phi) is 10.6. The van der Waals surface area contributed by atoms with Crippen LogP contribution in [0.5, 0.6) is 0 Å². The van der Waals surface area contributed by atoms with Gasteiger partial charge in [-0.05, 0) is 58.2 Å². The predicted octanol–water partition coefficient (Wildman–Crippen LogP) is 5.30. The number of sulfonamides is 1. The quantitative estimate of drug-likeness (QED) is 0.308. The largest absolute Gasteiger partial charge is 0.355 e. The van der Waals surface area contributed by atoms with Crippen molar-refractivity contribution in [3.05, 3.63) is 98.4 Å². The molecule has 1 unspecified atom stereocenters. The number of rotatable bonds is 11. The second-order valence-corrected chi connectivity index (χ2v) is 12.2. The van der Waals surface area contributed by atoms with E-state index in [9.17, 15) is 18.0 Å². The first-order chi connectivity index (χ1) is 18.0. The molecule has 0 aliphatic rings. The number of nitrogens with zero attached hydrogens (tertiary/aromatic N) is 2. The maximum Gasteiger partial charge on any atom is 0.244 e. The molecule has 202 valence electrons. The molecular weight excluding hydrogens is 613 g/mol. The second kappa shape index (κ2) is 13.5. The van der Waals surface area contributed by atoms with Crippen LogP contribution in [0, 0.1) is 0 Å². The average molecular weight is 641 g/mol. The van der Waals surface area contributed by atoms with Gasteiger partial charge in [0.1, 0.15) is 12.6 Å². The number of amides is 2. The monoisotopic (exact) mass is 639 g/mol. The molecule has 0 saturated carbocycles. The molecule has 0 saturated heterocycles. The summed E-state index contributed by atoms with van der Waals surface area (Å²) in [6.07, 6.45) is 1.25. The fourth-order valence-electron chi connectivity index (χ4n) is 3.93. The van der Waals surface area contributed by atoms with Gasteiger partial charge >= 0.3 is 0 Å². The molecule has 1 N–H and O–H groups in total. The molecule has 38 heavy (non-hydrogen) atoms. The number of hydrogen-bond acceptors (Lipinski definition) is 4. The molecule has 0 aromatic heterocycles. The topological polar surface area (TPSA) is 86.8 Å². The fraction of sp³-hybridized carbons (Fsp3) is 0.259. The van der Waals surface area contributed by atoms with E-state index < -0.39 is 28.5 Å². The van der Waals surface area contributed by atoms with Gasteiger partial charge in [-0.25, -0.2) is 8.42 Å². The number of anilines is 1. The first kappa shape index (κ1) is 30.0. The highest BCUT2D eigenvalue weighted by atomic mass is 79.9. The number of carbonyl (C=O) groups excluding carboxylic acids is 2. The summed E-state index contributed by atoms with van der Waals surface area (Å²) in [6.45, 7) is 1.60. The van der Waals surface area contributed by atoms with Gasteiger partial charge in [0.2, 0.25) is 21.8 Å². The minimum absolute atomic E-state index is 0.0307. The summed E-state index contributed by atoms with van der Waals surface area (Å²) in [5.74, 6) is -0.925. The zero-order valence-electron chi connectivity index (χ0n) is 20.9. The summed E-state index contributed by atoms with van der Waals surface area (Å²) in [5, 5.41) is 3.57. The van der Waals surface area contributed by atoms with E-state index >= 15 is 0 Å². The minimum Gasteiger partial charge on any atom is -0.355 e. The van der Waals surface area contributed by atoms with Gasteiger partial charge in [-0.2, -0.15) is 0 Å². The van der Waals surface area contributed by atoms with Crippen LogP contribution >= 0.6 is 39.1 Å². The van der Waals surface area contributed by atoms with Crippen LogP contribution in [-0.4, -0.2) is 50.5 Å². The molecule has 0 bridgehead atoms. The average Bonchev–Trinajstić information content (AvgIpc) is 2.86. The lowest BCUT2D eigenvalue weighted by Crippen LogP contribution is -2.53. The lowest BCUT2D eigenvalue weighted by molar-refractivity contribution is -0.140. The Bertz CT molecular complexity index is 1390. The van der Waals surface area contributed by atoms with Crippen molar-refractivity contribution >= 4 is 66.7 Å². The molecule has 11 heteroatoms. The van der Waals surface area contributed by atoms with Crippen LogP contribution in [0.1, 0.15) is 18.1 Å². The van der Waals surface area contributed by atoms with E-state index in [1.54, 1.807) is 49.4 Å². The standard InChI is InChI=1S/C27H28BrCl2N3O4S/c1-3-31-27(35)25(15-19-9-5-4-6-10-19)32(17-20-13-14-21(29)16-23(20)30)26(34)18-33(38(2,36)37)24-12-8-7-11-22(24)28/h4-14,16,25H,3,15,17-18H2,1-2H3,(H,31,35). The molecule has 0 aliphatic heterocycles. The summed E-state index contributed by atoms with van der Waals surface area (Å²) in [4.78, 5) is 28.7. The van der Waals surface area contributed by atoms with Crippen molar-refractivity contribution in [3.8, 4) is 0 Å². The van der Waals surface area contributed by atoms with Crippen molar-refractivity contribution in [2.24, 2.45) is 0 Å². The highest BCUT2D eigenvalue weighted by molar-refractivity contribution is 9.10. The number of carbonyl (C=O) groups is 2. The number of likely N-dealkylation sites (N-methyl/N-ethyl adjacent to an activating group) is 1. The van der Waals surface area contributed by atoms with Gasteiger partial charge in [-0.3, -0.25) is 13.9 Å². The van der Waals surface area contributed by atoms with Crippen molar-refractivity contribution in [3.63, 3.8) is 0 Å². The van der Waals surface area contributed by atoms with Gasteiger partial charge in [0.25, 0.3) is 0 Å². The van der Waals surface area contributed by atoms with Crippen molar-refractivity contribution < 1.29 is 18.0 Å². The zero-order valence-corrected chi connectivity index (χ0v) is 24.8. The number of benzene rings is 3. The third kappa shape index (κ3) is 7.96.